The van der Waals surface area contributed by atoms with Gasteiger partial charge in [0.2, 0.25) is 0 Å². The summed E-state index contributed by atoms with van der Waals surface area (Å²) >= 11 is 5.00. The molecule has 0 bridgehead atoms. The van der Waals surface area contributed by atoms with Crippen molar-refractivity contribution in [2.45, 2.75) is 143 Å². The van der Waals surface area contributed by atoms with Gasteiger partial charge in [0, 0.05) is 5.88 Å². The Morgan fingerprint density at radius 3 is 0.857 bits per heavy atom. The van der Waals surface area contributed by atoms with Crippen LogP contribution < -0.4 is 0 Å². The molecule has 0 saturated heterocycles. The minimum Gasteiger partial charge on any atom is -0.127 e. The Labute approximate surface area is 187 Å². The number of hydrogen-bond donors (Lipinski definition) is 0. The lowest BCUT2D eigenvalue weighted by Crippen LogP contribution is -1.97. The van der Waals surface area contributed by atoms with Crippen LogP contribution in [0.15, 0.2) is 0 Å². The fourth-order valence-corrected chi connectivity index (χ4v) is 6.37. The third kappa shape index (κ3) is 28.9. The number of rotatable bonds is 21. The summed E-state index contributed by atoms with van der Waals surface area (Å²) in [4.78, 5) is 0. The third-order valence-electron chi connectivity index (χ3n) is 5.48. The van der Waals surface area contributed by atoms with Crippen LogP contribution in [0.3, 0.4) is 0 Å². The Kier molecular flexibility index (Phi) is 33.0. The van der Waals surface area contributed by atoms with Crippen LogP contribution in [0.1, 0.15) is 143 Å². The number of alkyl halides is 1. The molecule has 0 radical (unpaired) electrons. The molecule has 0 aliphatic rings. The average molecular weight is 435 g/mol. The summed E-state index contributed by atoms with van der Waals surface area (Å²) in [6, 6.07) is 0. The first-order valence-corrected chi connectivity index (χ1v) is 15.5. The highest BCUT2D eigenvalue weighted by molar-refractivity contribution is 7.57. The second kappa shape index (κ2) is 29.9. The first-order chi connectivity index (χ1) is 13.8. The van der Waals surface area contributed by atoms with E-state index in [0.29, 0.717) is 7.92 Å². The molecule has 0 heterocycles. The van der Waals surface area contributed by atoms with Gasteiger partial charge in [0.1, 0.15) is 0 Å². The molecule has 0 aliphatic carbocycles. The molecule has 0 amide bonds. The molecule has 0 atom stereocenters. The van der Waals surface area contributed by atoms with Crippen LogP contribution in [-0.2, 0) is 0 Å². The van der Waals surface area contributed by atoms with Crippen molar-refractivity contribution in [1.82, 2.24) is 0 Å². The van der Waals surface area contributed by atoms with Crippen LogP contribution in [0.4, 0.5) is 0 Å². The number of unbranched alkanes of at least 4 members (excludes halogenated alkanes) is 15. The van der Waals surface area contributed by atoms with Gasteiger partial charge in [0.05, 0.1) is 0 Å². The van der Waals surface area contributed by atoms with Crippen LogP contribution in [0, 0.1) is 0 Å². The molecule has 0 rings (SSSR count). The highest BCUT2D eigenvalue weighted by Crippen LogP contribution is 2.39. The Morgan fingerprint density at radius 2 is 0.607 bits per heavy atom. The summed E-state index contributed by atoms with van der Waals surface area (Å²) in [6.07, 6.45) is 31.2. The Morgan fingerprint density at radius 1 is 0.393 bits per heavy atom. The SMILES string of the molecule is CCCCCCCCP(CCCCCCCC)CCCCCCCC.CCCl. The van der Waals surface area contributed by atoms with Crippen molar-refractivity contribution in [3.8, 4) is 0 Å². The molecule has 0 aliphatic heterocycles. The summed E-state index contributed by atoms with van der Waals surface area (Å²) in [7, 11) is 0.366. The maximum absolute atomic E-state index is 5.00. The first kappa shape index (κ1) is 30.9. The van der Waals surface area contributed by atoms with Gasteiger partial charge in [-0.25, -0.2) is 0 Å². The van der Waals surface area contributed by atoms with E-state index in [-0.39, 0.29) is 0 Å². The molecule has 0 unspecified atom stereocenters. The predicted octanol–water partition coefficient (Wildman–Crippen LogP) is 10.8. The Hall–Kier alpha value is 0.720. The largest absolute Gasteiger partial charge is 0.127 e. The van der Waals surface area contributed by atoms with Gasteiger partial charge in [-0.15, -0.1) is 19.5 Å². The van der Waals surface area contributed by atoms with Crippen molar-refractivity contribution >= 4 is 19.5 Å². The second-order valence-corrected chi connectivity index (χ2v) is 11.6. The molecule has 0 fully saturated rings. The monoisotopic (exact) mass is 434 g/mol. The second-order valence-electron chi connectivity index (χ2n) is 8.41. The first-order valence-electron chi connectivity index (χ1n) is 13.0. The van der Waals surface area contributed by atoms with Crippen LogP contribution in [0.25, 0.3) is 0 Å². The highest BCUT2D eigenvalue weighted by atomic mass is 35.5. The van der Waals surface area contributed by atoms with Crippen molar-refractivity contribution in [2.75, 3.05) is 24.4 Å². The van der Waals surface area contributed by atoms with Gasteiger partial charge in [-0.2, -0.15) is 0 Å². The van der Waals surface area contributed by atoms with E-state index < -0.39 is 0 Å². The van der Waals surface area contributed by atoms with Gasteiger partial charge >= 0.3 is 0 Å². The Balaban J connectivity index is 0. The normalized spacial score (nSPS) is 10.9. The van der Waals surface area contributed by atoms with Crippen molar-refractivity contribution in [3.63, 3.8) is 0 Å². The molecular weight excluding hydrogens is 379 g/mol. The van der Waals surface area contributed by atoms with E-state index >= 15 is 0 Å². The molecule has 0 saturated carbocycles. The zero-order valence-corrected chi connectivity index (χ0v) is 22.0. The van der Waals surface area contributed by atoms with Crippen LogP contribution >= 0.6 is 19.5 Å². The molecule has 0 aromatic rings. The molecule has 0 spiro atoms. The molecule has 0 aromatic heterocycles. The number of hydrogen-bond acceptors (Lipinski definition) is 0. The van der Waals surface area contributed by atoms with Crippen molar-refractivity contribution < 1.29 is 0 Å². The van der Waals surface area contributed by atoms with E-state index in [9.17, 15) is 0 Å². The lowest BCUT2D eigenvalue weighted by Gasteiger charge is -2.18. The summed E-state index contributed by atoms with van der Waals surface area (Å²) in [6.45, 7) is 8.85. The molecule has 0 nitrogen and oxygen atoms in total. The van der Waals surface area contributed by atoms with E-state index in [2.05, 4.69) is 20.8 Å². The molecule has 0 N–H and O–H groups in total. The molecule has 0 aromatic carbocycles. The highest BCUT2D eigenvalue weighted by Gasteiger charge is 2.07. The van der Waals surface area contributed by atoms with E-state index in [1.807, 2.05) is 6.92 Å². The molecular formula is C26H56ClP. The fraction of sp³-hybridized carbons (Fsp3) is 1.00. The zero-order chi connectivity index (χ0) is 21.1. The average Bonchev–Trinajstić information content (AvgIpc) is 2.69. The van der Waals surface area contributed by atoms with Crippen molar-refractivity contribution in [3.05, 3.63) is 0 Å². The van der Waals surface area contributed by atoms with Gasteiger partial charge < -0.3 is 0 Å². The van der Waals surface area contributed by atoms with E-state index in [1.165, 1.54) is 116 Å². The quantitative estimate of drug-likeness (QED) is 0.0956. The van der Waals surface area contributed by atoms with Crippen LogP contribution in [0.2, 0.25) is 0 Å². The molecule has 28 heavy (non-hydrogen) atoms. The molecule has 2 heteroatoms. The smallest absolute Gasteiger partial charge is 0.0195 e. The molecule has 172 valence electrons. The maximum Gasteiger partial charge on any atom is 0.0195 e. The summed E-state index contributed by atoms with van der Waals surface area (Å²) in [5, 5.41) is 0. The van der Waals surface area contributed by atoms with Gasteiger partial charge in [0.15, 0.2) is 0 Å². The van der Waals surface area contributed by atoms with Gasteiger partial charge in [-0.1, -0.05) is 124 Å². The minimum atomic E-state index is 0.366. The lowest BCUT2D eigenvalue weighted by atomic mass is 10.1. The zero-order valence-electron chi connectivity index (χ0n) is 20.4. The Bertz CT molecular complexity index is 207. The van der Waals surface area contributed by atoms with Crippen LogP contribution in [-0.4, -0.2) is 24.4 Å². The standard InChI is InChI=1S/C24H51P.C2H5Cl/c1-4-7-10-13-16-19-22-25(23-20-17-14-11-8-5-2)24-21-18-15-12-9-6-3;1-2-3/h4-24H2,1-3H3;2H2,1H3. The maximum atomic E-state index is 5.00. The minimum absolute atomic E-state index is 0.366. The summed E-state index contributed by atoms with van der Waals surface area (Å²) < 4.78 is 0. The fourth-order valence-electron chi connectivity index (χ4n) is 3.68. The summed E-state index contributed by atoms with van der Waals surface area (Å²) in [5.41, 5.74) is 0. The lowest BCUT2D eigenvalue weighted by molar-refractivity contribution is 0.617. The predicted molar refractivity (Wildman–Crippen MR) is 138 cm³/mol. The van der Waals surface area contributed by atoms with Crippen LogP contribution in [0.5, 0.6) is 0 Å². The van der Waals surface area contributed by atoms with Crippen molar-refractivity contribution in [1.29, 1.82) is 0 Å². The van der Waals surface area contributed by atoms with Gasteiger partial charge in [-0.05, 0) is 37.7 Å². The topological polar surface area (TPSA) is 0 Å². The van der Waals surface area contributed by atoms with E-state index in [0.717, 1.165) is 5.88 Å². The number of halogens is 1. The third-order valence-corrected chi connectivity index (χ3v) is 8.33. The summed E-state index contributed by atoms with van der Waals surface area (Å²) in [5.74, 6) is 0.722. The van der Waals surface area contributed by atoms with E-state index in [1.54, 1.807) is 18.5 Å². The van der Waals surface area contributed by atoms with Crippen molar-refractivity contribution in [2.24, 2.45) is 0 Å². The van der Waals surface area contributed by atoms with Gasteiger partial charge in [-0.3, -0.25) is 0 Å². The van der Waals surface area contributed by atoms with Gasteiger partial charge in [0.25, 0.3) is 0 Å². The van der Waals surface area contributed by atoms with E-state index in [4.69, 9.17) is 11.6 Å².